The molecule has 1 atom stereocenters. The molecule has 0 aliphatic heterocycles. The van der Waals surface area contributed by atoms with Crippen LogP contribution >= 0.6 is 11.3 Å². The fourth-order valence-electron chi connectivity index (χ4n) is 1.85. The molecule has 1 unspecified atom stereocenters. The molecule has 102 valence electrons. The van der Waals surface area contributed by atoms with Gasteiger partial charge in [-0.2, -0.15) is 0 Å². The maximum atomic E-state index is 9.39. The molecule has 0 saturated carbocycles. The van der Waals surface area contributed by atoms with Gasteiger partial charge in [0.2, 0.25) is 0 Å². The largest absolute Gasteiger partial charge is 0.394 e. The molecule has 1 aromatic carbocycles. The van der Waals surface area contributed by atoms with Gasteiger partial charge < -0.3 is 10.4 Å². The van der Waals surface area contributed by atoms with E-state index in [2.05, 4.69) is 54.9 Å². The van der Waals surface area contributed by atoms with Crippen LogP contribution in [0.1, 0.15) is 25.1 Å². The normalized spacial score (nSPS) is 14.3. The predicted molar refractivity (Wildman–Crippen MR) is 82.4 cm³/mol. The average molecular weight is 275 g/mol. The van der Waals surface area contributed by atoms with Gasteiger partial charge in [0.1, 0.15) is 0 Å². The number of hydrogen-bond acceptors (Lipinski definition) is 3. The molecule has 0 radical (unpaired) electrons. The van der Waals surface area contributed by atoms with Crippen molar-refractivity contribution in [2.75, 3.05) is 6.61 Å². The first-order chi connectivity index (χ1) is 9.17. The Labute approximate surface area is 119 Å². The van der Waals surface area contributed by atoms with E-state index in [0.29, 0.717) is 0 Å². The van der Waals surface area contributed by atoms with Crippen LogP contribution in [0.2, 0.25) is 0 Å². The minimum absolute atomic E-state index is 0.167. The lowest BCUT2D eigenvalue weighted by Crippen LogP contribution is -2.44. The van der Waals surface area contributed by atoms with Gasteiger partial charge in [-0.1, -0.05) is 37.3 Å². The maximum Gasteiger partial charge on any atom is 0.0610 e. The highest BCUT2D eigenvalue weighted by atomic mass is 32.1. The molecule has 2 rings (SSSR count). The van der Waals surface area contributed by atoms with Crippen LogP contribution < -0.4 is 5.32 Å². The van der Waals surface area contributed by atoms with Crippen molar-refractivity contribution in [3.05, 3.63) is 46.7 Å². The molecule has 0 fully saturated rings. The summed E-state index contributed by atoms with van der Waals surface area (Å²) in [6, 6.07) is 12.6. The first kappa shape index (κ1) is 14.3. The van der Waals surface area contributed by atoms with Crippen LogP contribution in [-0.2, 0) is 6.54 Å². The summed E-state index contributed by atoms with van der Waals surface area (Å²) in [6.45, 7) is 5.12. The molecule has 0 amide bonds. The van der Waals surface area contributed by atoms with Crippen LogP contribution in [0, 0.1) is 0 Å². The SMILES string of the molecule is CCC(C)(CO)NCc1cc(-c2ccccc2)cs1. The molecule has 3 heteroatoms. The minimum Gasteiger partial charge on any atom is -0.394 e. The average Bonchev–Trinajstić information content (AvgIpc) is 2.95. The van der Waals surface area contributed by atoms with Gasteiger partial charge in [-0.05, 0) is 35.9 Å². The van der Waals surface area contributed by atoms with Crippen LogP contribution in [0.3, 0.4) is 0 Å². The lowest BCUT2D eigenvalue weighted by molar-refractivity contribution is 0.169. The second-order valence-corrected chi connectivity index (χ2v) is 6.09. The van der Waals surface area contributed by atoms with E-state index in [1.54, 1.807) is 11.3 Å². The van der Waals surface area contributed by atoms with Crippen molar-refractivity contribution < 1.29 is 5.11 Å². The van der Waals surface area contributed by atoms with E-state index in [-0.39, 0.29) is 12.1 Å². The van der Waals surface area contributed by atoms with Crippen molar-refractivity contribution in [3.8, 4) is 11.1 Å². The molecule has 0 bridgehead atoms. The van der Waals surface area contributed by atoms with E-state index in [0.717, 1.165) is 13.0 Å². The van der Waals surface area contributed by atoms with Crippen molar-refractivity contribution in [3.63, 3.8) is 0 Å². The Hall–Kier alpha value is -1.16. The van der Waals surface area contributed by atoms with Gasteiger partial charge in [0.05, 0.1) is 6.61 Å². The van der Waals surface area contributed by atoms with Gasteiger partial charge in [0, 0.05) is 17.0 Å². The molecule has 1 aromatic heterocycles. The zero-order valence-corrected chi connectivity index (χ0v) is 12.3. The van der Waals surface area contributed by atoms with Gasteiger partial charge >= 0.3 is 0 Å². The summed E-state index contributed by atoms with van der Waals surface area (Å²) in [5.74, 6) is 0. The van der Waals surface area contributed by atoms with Gasteiger partial charge in [0.25, 0.3) is 0 Å². The third-order valence-corrected chi connectivity index (χ3v) is 4.52. The van der Waals surface area contributed by atoms with Crippen LogP contribution in [0.5, 0.6) is 0 Å². The number of aliphatic hydroxyl groups is 1. The van der Waals surface area contributed by atoms with Crippen LogP contribution in [0.4, 0.5) is 0 Å². The summed E-state index contributed by atoms with van der Waals surface area (Å²) in [5.41, 5.74) is 2.34. The Kier molecular flexibility index (Phi) is 4.75. The molecule has 19 heavy (non-hydrogen) atoms. The Bertz CT molecular complexity index is 502. The molecule has 2 nitrogen and oxygen atoms in total. The first-order valence-corrected chi connectivity index (χ1v) is 7.53. The van der Waals surface area contributed by atoms with Gasteiger partial charge in [-0.3, -0.25) is 0 Å². The highest BCUT2D eigenvalue weighted by Gasteiger charge is 2.19. The summed E-state index contributed by atoms with van der Waals surface area (Å²) in [7, 11) is 0. The van der Waals surface area contributed by atoms with E-state index >= 15 is 0 Å². The smallest absolute Gasteiger partial charge is 0.0610 e. The van der Waals surface area contributed by atoms with E-state index < -0.39 is 0 Å². The number of hydrogen-bond donors (Lipinski definition) is 2. The number of benzene rings is 1. The first-order valence-electron chi connectivity index (χ1n) is 6.65. The van der Waals surface area contributed by atoms with Crippen molar-refractivity contribution in [1.82, 2.24) is 5.32 Å². The lowest BCUT2D eigenvalue weighted by Gasteiger charge is -2.26. The second-order valence-electron chi connectivity index (χ2n) is 5.09. The molecule has 0 spiro atoms. The van der Waals surface area contributed by atoms with Crippen LogP contribution in [-0.4, -0.2) is 17.3 Å². The Balaban J connectivity index is 2.02. The molecule has 0 aliphatic carbocycles. The van der Waals surface area contributed by atoms with E-state index in [9.17, 15) is 5.11 Å². The molecule has 2 N–H and O–H groups in total. The predicted octanol–water partition coefficient (Wildman–Crippen LogP) is 3.67. The topological polar surface area (TPSA) is 32.3 Å². The van der Waals surface area contributed by atoms with Gasteiger partial charge in [0.15, 0.2) is 0 Å². The molecule has 0 saturated heterocycles. The number of thiophene rings is 1. The fourth-order valence-corrected chi connectivity index (χ4v) is 2.68. The van der Waals surface area contributed by atoms with Gasteiger partial charge in [-0.15, -0.1) is 11.3 Å². The van der Waals surface area contributed by atoms with E-state index in [4.69, 9.17) is 0 Å². The molecular formula is C16H21NOS. The Morgan fingerprint density at radius 3 is 2.58 bits per heavy atom. The molecule has 2 aromatic rings. The van der Waals surface area contributed by atoms with Crippen LogP contribution in [0.25, 0.3) is 11.1 Å². The standard InChI is InChI=1S/C16H21NOS/c1-3-16(2,12-18)17-10-15-9-14(11-19-15)13-7-5-4-6-8-13/h4-9,11,17-18H,3,10,12H2,1-2H3. The third kappa shape index (κ3) is 3.66. The Morgan fingerprint density at radius 1 is 1.21 bits per heavy atom. The van der Waals surface area contributed by atoms with E-state index in [1.165, 1.54) is 16.0 Å². The summed E-state index contributed by atoms with van der Waals surface area (Å²) in [6.07, 6.45) is 0.917. The summed E-state index contributed by atoms with van der Waals surface area (Å²) < 4.78 is 0. The van der Waals surface area contributed by atoms with Crippen molar-refractivity contribution in [2.45, 2.75) is 32.4 Å². The third-order valence-electron chi connectivity index (χ3n) is 3.58. The second kappa shape index (κ2) is 6.33. The monoisotopic (exact) mass is 275 g/mol. The number of nitrogens with one attached hydrogen (secondary N) is 1. The molecule has 0 aliphatic rings. The Morgan fingerprint density at radius 2 is 1.95 bits per heavy atom. The molecule has 1 heterocycles. The number of rotatable bonds is 6. The molecular weight excluding hydrogens is 254 g/mol. The van der Waals surface area contributed by atoms with Crippen LogP contribution in [0.15, 0.2) is 41.8 Å². The summed E-state index contributed by atoms with van der Waals surface area (Å²) in [4.78, 5) is 1.30. The summed E-state index contributed by atoms with van der Waals surface area (Å²) >= 11 is 1.76. The van der Waals surface area contributed by atoms with Gasteiger partial charge in [-0.25, -0.2) is 0 Å². The van der Waals surface area contributed by atoms with E-state index in [1.807, 2.05) is 6.07 Å². The fraction of sp³-hybridized carbons (Fsp3) is 0.375. The zero-order valence-electron chi connectivity index (χ0n) is 11.5. The van der Waals surface area contributed by atoms with Crippen molar-refractivity contribution >= 4 is 11.3 Å². The quantitative estimate of drug-likeness (QED) is 0.843. The maximum absolute atomic E-state index is 9.39. The lowest BCUT2D eigenvalue weighted by atomic mass is 10.0. The zero-order chi connectivity index (χ0) is 13.7. The van der Waals surface area contributed by atoms with Crippen molar-refractivity contribution in [1.29, 1.82) is 0 Å². The number of aliphatic hydroxyl groups excluding tert-OH is 1. The highest BCUT2D eigenvalue weighted by molar-refractivity contribution is 7.10. The minimum atomic E-state index is -0.184. The highest BCUT2D eigenvalue weighted by Crippen LogP contribution is 2.25. The summed E-state index contributed by atoms with van der Waals surface area (Å²) in [5, 5.41) is 15.0. The van der Waals surface area contributed by atoms with Crippen molar-refractivity contribution in [2.24, 2.45) is 0 Å².